The lowest BCUT2D eigenvalue weighted by atomic mass is 10.1. The van der Waals surface area contributed by atoms with E-state index in [1.807, 2.05) is 6.07 Å². The monoisotopic (exact) mass is 326 g/mol. The molecular formula is C17H18N4O3. The van der Waals surface area contributed by atoms with Crippen molar-refractivity contribution in [1.29, 1.82) is 5.26 Å². The zero-order chi connectivity index (χ0) is 17.9. The zero-order valence-corrected chi connectivity index (χ0v) is 13.7. The number of hydrogen-bond donors (Lipinski definition) is 2. The Labute approximate surface area is 139 Å². The van der Waals surface area contributed by atoms with E-state index in [1.165, 1.54) is 30.9 Å². The van der Waals surface area contributed by atoms with Gasteiger partial charge in [-0.2, -0.15) is 10.4 Å². The van der Waals surface area contributed by atoms with Crippen LogP contribution in [0.15, 0.2) is 30.6 Å². The number of ketones is 1. The minimum atomic E-state index is -1.72. The van der Waals surface area contributed by atoms with Gasteiger partial charge in [-0.3, -0.25) is 14.3 Å². The van der Waals surface area contributed by atoms with Crippen molar-refractivity contribution >= 4 is 17.4 Å². The van der Waals surface area contributed by atoms with E-state index in [4.69, 9.17) is 5.26 Å². The second-order valence-electron chi connectivity index (χ2n) is 5.85. The van der Waals surface area contributed by atoms with Crippen LogP contribution in [0.2, 0.25) is 0 Å². The first-order chi connectivity index (χ1) is 11.2. The summed E-state index contributed by atoms with van der Waals surface area (Å²) in [4.78, 5) is 23.6. The van der Waals surface area contributed by atoms with E-state index in [1.54, 1.807) is 25.1 Å². The first-order valence-corrected chi connectivity index (χ1v) is 7.31. The highest BCUT2D eigenvalue weighted by Crippen LogP contribution is 2.17. The van der Waals surface area contributed by atoms with Gasteiger partial charge in [0.25, 0.3) is 5.91 Å². The van der Waals surface area contributed by atoms with Crippen LogP contribution < -0.4 is 5.32 Å². The molecule has 2 rings (SSSR count). The standard InChI is InChI=1S/C17H18N4O3/c1-11-6-15(5-4-13(11)7-18)20-16(23)17(3,24)10-21-9-14(8-19-21)12(2)22/h4-6,8-9,24H,10H2,1-3H3,(H,20,23)/t17-/m0/s1. The molecule has 2 N–H and O–H groups in total. The summed E-state index contributed by atoms with van der Waals surface area (Å²) in [5.41, 5.74) is 0.429. The number of hydrogen-bond acceptors (Lipinski definition) is 5. The second kappa shape index (κ2) is 6.64. The number of anilines is 1. The van der Waals surface area contributed by atoms with Gasteiger partial charge in [0.15, 0.2) is 11.4 Å². The van der Waals surface area contributed by atoms with Crippen molar-refractivity contribution in [2.75, 3.05) is 5.32 Å². The molecule has 2 aromatic rings. The molecule has 7 nitrogen and oxygen atoms in total. The molecule has 0 aliphatic carbocycles. The van der Waals surface area contributed by atoms with E-state index in [0.29, 0.717) is 16.8 Å². The summed E-state index contributed by atoms with van der Waals surface area (Å²) in [5.74, 6) is -0.745. The Morgan fingerprint density at radius 3 is 2.71 bits per heavy atom. The van der Waals surface area contributed by atoms with Gasteiger partial charge < -0.3 is 10.4 Å². The number of carbonyl (C=O) groups is 2. The first-order valence-electron chi connectivity index (χ1n) is 7.31. The number of rotatable bonds is 5. The third kappa shape index (κ3) is 3.86. The number of nitriles is 1. The largest absolute Gasteiger partial charge is 0.378 e. The second-order valence-corrected chi connectivity index (χ2v) is 5.85. The number of amides is 1. The van der Waals surface area contributed by atoms with Crippen molar-refractivity contribution in [3.8, 4) is 6.07 Å². The molecule has 0 aliphatic rings. The molecule has 0 saturated heterocycles. The lowest BCUT2D eigenvalue weighted by Gasteiger charge is -2.22. The summed E-state index contributed by atoms with van der Waals surface area (Å²) < 4.78 is 1.35. The van der Waals surface area contributed by atoms with Crippen LogP contribution in [-0.4, -0.2) is 32.2 Å². The number of carbonyl (C=O) groups excluding carboxylic acids is 2. The molecular weight excluding hydrogens is 308 g/mol. The highest BCUT2D eigenvalue weighted by Gasteiger charge is 2.31. The fourth-order valence-corrected chi connectivity index (χ4v) is 2.15. The molecule has 0 spiro atoms. The molecule has 1 amide bonds. The summed E-state index contributed by atoms with van der Waals surface area (Å²) in [6.45, 7) is 4.45. The van der Waals surface area contributed by atoms with Crippen molar-refractivity contribution in [3.05, 3.63) is 47.3 Å². The average molecular weight is 326 g/mol. The van der Waals surface area contributed by atoms with E-state index in [0.717, 1.165) is 5.56 Å². The Morgan fingerprint density at radius 2 is 2.17 bits per heavy atom. The Bertz CT molecular complexity index is 831. The summed E-state index contributed by atoms with van der Waals surface area (Å²) in [5, 5.41) is 25.9. The molecule has 124 valence electrons. The van der Waals surface area contributed by atoms with Crippen LogP contribution in [0.5, 0.6) is 0 Å². The maximum absolute atomic E-state index is 12.3. The maximum atomic E-state index is 12.3. The molecule has 0 aliphatic heterocycles. The lowest BCUT2D eigenvalue weighted by Crippen LogP contribution is -2.43. The van der Waals surface area contributed by atoms with Crippen LogP contribution in [0.4, 0.5) is 5.69 Å². The molecule has 1 atom stereocenters. The van der Waals surface area contributed by atoms with Crippen molar-refractivity contribution in [3.63, 3.8) is 0 Å². The maximum Gasteiger partial charge on any atom is 0.257 e. The number of nitrogens with one attached hydrogen (secondary N) is 1. The first kappa shape index (κ1) is 17.4. The number of Topliss-reactive ketones (excluding diaryl/α,β-unsaturated/α-hetero) is 1. The van der Waals surface area contributed by atoms with E-state index in [-0.39, 0.29) is 12.3 Å². The number of benzene rings is 1. The SMILES string of the molecule is CC(=O)c1cnn(C[C@](C)(O)C(=O)Nc2ccc(C#N)c(C)c2)c1. The molecule has 0 saturated carbocycles. The zero-order valence-electron chi connectivity index (χ0n) is 13.7. The van der Waals surface area contributed by atoms with Gasteiger partial charge in [0.2, 0.25) is 0 Å². The molecule has 1 heterocycles. The molecule has 1 aromatic carbocycles. The quantitative estimate of drug-likeness (QED) is 0.812. The van der Waals surface area contributed by atoms with Crippen LogP contribution in [0.25, 0.3) is 0 Å². The Hall–Kier alpha value is -2.98. The summed E-state index contributed by atoms with van der Waals surface area (Å²) in [6.07, 6.45) is 2.87. The predicted molar refractivity (Wildman–Crippen MR) is 87.4 cm³/mol. The minimum Gasteiger partial charge on any atom is -0.378 e. The Balaban J connectivity index is 2.10. The molecule has 0 unspecified atom stereocenters. The topological polar surface area (TPSA) is 108 Å². The van der Waals surface area contributed by atoms with E-state index >= 15 is 0 Å². The van der Waals surface area contributed by atoms with Gasteiger partial charge >= 0.3 is 0 Å². The molecule has 0 fully saturated rings. The summed E-state index contributed by atoms with van der Waals surface area (Å²) in [7, 11) is 0. The molecule has 24 heavy (non-hydrogen) atoms. The van der Waals surface area contributed by atoms with Crippen LogP contribution in [0.1, 0.15) is 35.3 Å². The average Bonchev–Trinajstić information content (AvgIpc) is 2.95. The van der Waals surface area contributed by atoms with Crippen molar-refractivity contribution in [1.82, 2.24) is 9.78 Å². The van der Waals surface area contributed by atoms with Crippen LogP contribution in [0, 0.1) is 18.3 Å². The van der Waals surface area contributed by atoms with Gasteiger partial charge in [0.1, 0.15) is 0 Å². The predicted octanol–water partition coefficient (Wildman–Crippen LogP) is 1.66. The number of aromatic nitrogens is 2. The fraction of sp³-hybridized carbons (Fsp3) is 0.294. The Morgan fingerprint density at radius 1 is 1.46 bits per heavy atom. The third-order valence-electron chi connectivity index (χ3n) is 3.60. The lowest BCUT2D eigenvalue weighted by molar-refractivity contribution is -0.133. The third-order valence-corrected chi connectivity index (χ3v) is 3.60. The van der Waals surface area contributed by atoms with Gasteiger partial charge in [-0.05, 0) is 44.5 Å². The fourth-order valence-electron chi connectivity index (χ4n) is 2.15. The molecule has 1 aromatic heterocycles. The van der Waals surface area contributed by atoms with Crippen molar-refractivity contribution in [2.45, 2.75) is 32.9 Å². The summed E-state index contributed by atoms with van der Waals surface area (Å²) in [6, 6.07) is 6.91. The van der Waals surface area contributed by atoms with Crippen LogP contribution in [0.3, 0.4) is 0 Å². The number of aryl methyl sites for hydroxylation is 1. The minimum absolute atomic E-state index is 0.0959. The highest BCUT2D eigenvalue weighted by atomic mass is 16.3. The smallest absolute Gasteiger partial charge is 0.257 e. The Kier molecular flexibility index (Phi) is 4.81. The van der Waals surface area contributed by atoms with E-state index < -0.39 is 11.5 Å². The van der Waals surface area contributed by atoms with E-state index in [9.17, 15) is 14.7 Å². The number of aliphatic hydroxyl groups is 1. The summed E-state index contributed by atoms with van der Waals surface area (Å²) >= 11 is 0. The van der Waals surface area contributed by atoms with Crippen molar-refractivity contribution < 1.29 is 14.7 Å². The molecule has 0 radical (unpaired) electrons. The molecule has 7 heteroatoms. The van der Waals surface area contributed by atoms with Crippen LogP contribution >= 0.6 is 0 Å². The van der Waals surface area contributed by atoms with Crippen molar-refractivity contribution in [2.24, 2.45) is 0 Å². The van der Waals surface area contributed by atoms with Gasteiger partial charge in [0.05, 0.1) is 29.9 Å². The van der Waals surface area contributed by atoms with Gasteiger partial charge in [-0.25, -0.2) is 0 Å². The normalized spacial score (nSPS) is 13.0. The number of nitrogens with zero attached hydrogens (tertiary/aromatic N) is 3. The van der Waals surface area contributed by atoms with Gasteiger partial charge in [-0.1, -0.05) is 0 Å². The van der Waals surface area contributed by atoms with Gasteiger partial charge in [0, 0.05) is 11.9 Å². The molecule has 0 bridgehead atoms. The van der Waals surface area contributed by atoms with E-state index in [2.05, 4.69) is 10.4 Å². The highest BCUT2D eigenvalue weighted by molar-refractivity contribution is 5.97. The van der Waals surface area contributed by atoms with Crippen LogP contribution in [-0.2, 0) is 11.3 Å². The van der Waals surface area contributed by atoms with Gasteiger partial charge in [-0.15, -0.1) is 0 Å².